The van der Waals surface area contributed by atoms with E-state index in [0.29, 0.717) is 23.9 Å². The molecule has 1 unspecified atom stereocenters. The van der Waals surface area contributed by atoms with Crippen LogP contribution in [0.4, 0.5) is 5.69 Å². The van der Waals surface area contributed by atoms with E-state index >= 15 is 0 Å². The fourth-order valence-electron chi connectivity index (χ4n) is 2.65. The monoisotopic (exact) mass is 347 g/mol. The number of benzene rings is 2. The Kier molecular flexibility index (Phi) is 5.83. The SMILES string of the molecule is COc1ccc(NCc2ccc(OCC3CCCO3)cc2)cc1Cl. The van der Waals surface area contributed by atoms with Crippen molar-refractivity contribution < 1.29 is 14.2 Å². The van der Waals surface area contributed by atoms with Crippen molar-refractivity contribution in [2.24, 2.45) is 0 Å². The van der Waals surface area contributed by atoms with E-state index in [1.807, 2.05) is 30.3 Å². The van der Waals surface area contributed by atoms with Crippen molar-refractivity contribution >= 4 is 17.3 Å². The largest absolute Gasteiger partial charge is 0.495 e. The summed E-state index contributed by atoms with van der Waals surface area (Å²) >= 11 is 6.13. The number of halogens is 1. The molecule has 2 aromatic carbocycles. The predicted molar refractivity (Wildman–Crippen MR) is 96.2 cm³/mol. The average Bonchev–Trinajstić information content (AvgIpc) is 3.13. The second-order valence-corrected chi connectivity index (χ2v) is 6.20. The molecule has 5 heteroatoms. The first-order chi connectivity index (χ1) is 11.7. The molecule has 2 aromatic rings. The van der Waals surface area contributed by atoms with Gasteiger partial charge in [0.25, 0.3) is 0 Å². The van der Waals surface area contributed by atoms with E-state index in [0.717, 1.165) is 30.9 Å². The van der Waals surface area contributed by atoms with Crippen LogP contribution in [0.2, 0.25) is 5.02 Å². The van der Waals surface area contributed by atoms with Crippen LogP contribution in [0.1, 0.15) is 18.4 Å². The molecule has 1 N–H and O–H groups in total. The molecule has 4 nitrogen and oxygen atoms in total. The maximum Gasteiger partial charge on any atom is 0.137 e. The highest BCUT2D eigenvalue weighted by atomic mass is 35.5. The third-order valence-electron chi connectivity index (χ3n) is 4.03. The molecule has 3 rings (SSSR count). The normalized spacial score (nSPS) is 16.8. The van der Waals surface area contributed by atoms with E-state index in [1.165, 1.54) is 5.56 Å². The van der Waals surface area contributed by atoms with Gasteiger partial charge in [-0.05, 0) is 48.7 Å². The van der Waals surface area contributed by atoms with E-state index in [-0.39, 0.29) is 6.10 Å². The third-order valence-corrected chi connectivity index (χ3v) is 4.33. The maximum absolute atomic E-state index is 6.13. The Bertz CT molecular complexity index is 654. The Hall–Kier alpha value is -1.91. The van der Waals surface area contributed by atoms with Gasteiger partial charge in [0.2, 0.25) is 0 Å². The van der Waals surface area contributed by atoms with E-state index in [9.17, 15) is 0 Å². The highest BCUT2D eigenvalue weighted by Crippen LogP contribution is 2.27. The molecule has 0 aromatic heterocycles. The fourth-order valence-corrected chi connectivity index (χ4v) is 2.91. The number of ether oxygens (including phenoxy) is 3. The van der Waals surface area contributed by atoms with Crippen LogP contribution in [0.3, 0.4) is 0 Å². The summed E-state index contributed by atoms with van der Waals surface area (Å²) in [6.07, 6.45) is 2.46. The maximum atomic E-state index is 6.13. The number of rotatable bonds is 7. The van der Waals surface area contributed by atoms with Crippen molar-refractivity contribution in [1.82, 2.24) is 0 Å². The first-order valence-corrected chi connectivity index (χ1v) is 8.53. The molecule has 1 aliphatic heterocycles. The summed E-state index contributed by atoms with van der Waals surface area (Å²) in [5.74, 6) is 1.55. The van der Waals surface area contributed by atoms with Gasteiger partial charge in [-0.25, -0.2) is 0 Å². The van der Waals surface area contributed by atoms with Gasteiger partial charge in [-0.1, -0.05) is 23.7 Å². The summed E-state index contributed by atoms with van der Waals surface area (Å²) < 4.78 is 16.5. The number of methoxy groups -OCH3 is 1. The summed E-state index contributed by atoms with van der Waals surface area (Å²) in [7, 11) is 1.61. The molecule has 1 heterocycles. The summed E-state index contributed by atoms with van der Waals surface area (Å²) in [5.41, 5.74) is 2.13. The second-order valence-electron chi connectivity index (χ2n) is 5.79. The summed E-state index contributed by atoms with van der Waals surface area (Å²) in [6, 6.07) is 13.8. The zero-order valence-corrected chi connectivity index (χ0v) is 14.5. The van der Waals surface area contributed by atoms with Gasteiger partial charge in [0.15, 0.2) is 0 Å². The lowest BCUT2D eigenvalue weighted by Gasteiger charge is -2.12. The first kappa shape index (κ1) is 16.9. The van der Waals surface area contributed by atoms with Gasteiger partial charge in [0.1, 0.15) is 18.1 Å². The Morgan fingerprint density at radius 3 is 2.71 bits per heavy atom. The van der Waals surface area contributed by atoms with Crippen LogP contribution in [0, 0.1) is 0 Å². The molecule has 1 saturated heterocycles. The lowest BCUT2D eigenvalue weighted by Crippen LogP contribution is -2.16. The summed E-state index contributed by atoms with van der Waals surface area (Å²) in [6.45, 7) is 2.20. The highest BCUT2D eigenvalue weighted by molar-refractivity contribution is 6.32. The molecular weight excluding hydrogens is 326 g/mol. The molecule has 0 amide bonds. The van der Waals surface area contributed by atoms with Crippen LogP contribution < -0.4 is 14.8 Å². The van der Waals surface area contributed by atoms with Crippen LogP contribution >= 0.6 is 11.6 Å². The average molecular weight is 348 g/mol. The van der Waals surface area contributed by atoms with E-state index in [1.54, 1.807) is 7.11 Å². The van der Waals surface area contributed by atoms with Gasteiger partial charge in [-0.3, -0.25) is 0 Å². The van der Waals surface area contributed by atoms with Gasteiger partial charge >= 0.3 is 0 Å². The lowest BCUT2D eigenvalue weighted by molar-refractivity contribution is 0.0679. The molecule has 1 aliphatic rings. The third kappa shape index (κ3) is 4.56. The van der Waals surface area contributed by atoms with Crippen LogP contribution in [-0.2, 0) is 11.3 Å². The fraction of sp³-hybridized carbons (Fsp3) is 0.368. The van der Waals surface area contributed by atoms with Crippen LogP contribution in [-0.4, -0.2) is 26.4 Å². The molecule has 128 valence electrons. The summed E-state index contributed by atoms with van der Waals surface area (Å²) in [5, 5.41) is 3.95. The standard InChI is InChI=1S/C19H22ClNO3/c1-22-19-9-6-15(11-18(19)20)21-12-14-4-7-16(8-5-14)24-13-17-3-2-10-23-17/h4-9,11,17,21H,2-3,10,12-13H2,1H3. The molecule has 0 radical (unpaired) electrons. The van der Waals surface area contributed by atoms with Gasteiger partial charge < -0.3 is 19.5 Å². The van der Waals surface area contributed by atoms with Crippen LogP contribution in [0.25, 0.3) is 0 Å². The summed E-state index contributed by atoms with van der Waals surface area (Å²) in [4.78, 5) is 0. The molecule has 24 heavy (non-hydrogen) atoms. The smallest absolute Gasteiger partial charge is 0.137 e. The molecule has 0 saturated carbocycles. The van der Waals surface area contributed by atoms with Gasteiger partial charge in [-0.2, -0.15) is 0 Å². The molecular formula is C19H22ClNO3. The van der Waals surface area contributed by atoms with Crippen molar-refractivity contribution in [3.63, 3.8) is 0 Å². The van der Waals surface area contributed by atoms with Crippen LogP contribution in [0.5, 0.6) is 11.5 Å². The van der Waals surface area contributed by atoms with Gasteiger partial charge in [-0.15, -0.1) is 0 Å². The Morgan fingerprint density at radius 1 is 1.21 bits per heavy atom. The van der Waals surface area contributed by atoms with E-state index < -0.39 is 0 Å². The Balaban J connectivity index is 1.49. The molecule has 0 aliphatic carbocycles. The minimum Gasteiger partial charge on any atom is -0.495 e. The predicted octanol–water partition coefficient (Wildman–Crippen LogP) is 4.52. The van der Waals surface area contributed by atoms with Crippen molar-refractivity contribution in [1.29, 1.82) is 0 Å². The number of hydrogen-bond acceptors (Lipinski definition) is 4. The zero-order chi connectivity index (χ0) is 16.8. The van der Waals surface area contributed by atoms with Gasteiger partial charge in [0.05, 0.1) is 18.2 Å². The van der Waals surface area contributed by atoms with E-state index in [2.05, 4.69) is 17.4 Å². The Morgan fingerprint density at radius 2 is 2.04 bits per heavy atom. The van der Waals surface area contributed by atoms with Crippen molar-refractivity contribution in [2.75, 3.05) is 25.6 Å². The van der Waals surface area contributed by atoms with E-state index in [4.69, 9.17) is 25.8 Å². The second kappa shape index (κ2) is 8.27. The number of anilines is 1. The van der Waals surface area contributed by atoms with Crippen LogP contribution in [0.15, 0.2) is 42.5 Å². The first-order valence-electron chi connectivity index (χ1n) is 8.15. The van der Waals surface area contributed by atoms with Crippen molar-refractivity contribution in [3.8, 4) is 11.5 Å². The van der Waals surface area contributed by atoms with Crippen molar-refractivity contribution in [2.45, 2.75) is 25.5 Å². The Labute approximate surface area is 147 Å². The minimum atomic E-state index is 0.242. The van der Waals surface area contributed by atoms with Gasteiger partial charge in [0, 0.05) is 18.8 Å². The minimum absolute atomic E-state index is 0.242. The topological polar surface area (TPSA) is 39.7 Å². The zero-order valence-electron chi connectivity index (χ0n) is 13.8. The number of nitrogens with one attached hydrogen (secondary N) is 1. The molecule has 1 fully saturated rings. The molecule has 1 atom stereocenters. The van der Waals surface area contributed by atoms with Crippen molar-refractivity contribution in [3.05, 3.63) is 53.1 Å². The lowest BCUT2D eigenvalue weighted by atomic mass is 10.2. The number of hydrogen-bond donors (Lipinski definition) is 1. The molecule has 0 bridgehead atoms. The molecule has 0 spiro atoms. The highest BCUT2D eigenvalue weighted by Gasteiger charge is 2.15. The quantitative estimate of drug-likeness (QED) is 0.799.